The van der Waals surface area contributed by atoms with Crippen molar-refractivity contribution < 1.29 is 0 Å². The summed E-state index contributed by atoms with van der Waals surface area (Å²) in [5, 5.41) is 4.35. The number of H-pyrrole nitrogens is 1. The molecule has 3 aromatic rings. The van der Waals surface area contributed by atoms with Crippen LogP contribution in [0.25, 0.3) is 11.0 Å². The molecule has 0 fully saturated rings. The van der Waals surface area contributed by atoms with Gasteiger partial charge in [-0.15, -0.1) is 11.3 Å². The fraction of sp³-hybridized carbons (Fsp3) is 0.357. The number of thiazole rings is 1. The molecule has 0 bridgehead atoms. The smallest absolute Gasteiger partial charge is 0.143 e. The van der Waals surface area contributed by atoms with Crippen LogP contribution >= 0.6 is 11.3 Å². The minimum Gasteiger partial charge on any atom is -0.353 e. The fourth-order valence-electron chi connectivity index (χ4n) is 2.23. The third-order valence-electron chi connectivity index (χ3n) is 3.17. The first-order chi connectivity index (χ1) is 9.67. The van der Waals surface area contributed by atoms with E-state index in [2.05, 4.69) is 37.1 Å². The number of aromatic nitrogens is 4. The van der Waals surface area contributed by atoms with Gasteiger partial charge in [-0.05, 0) is 19.4 Å². The van der Waals surface area contributed by atoms with E-state index >= 15 is 0 Å². The Morgan fingerprint density at radius 2 is 2.15 bits per heavy atom. The Balaban J connectivity index is 1.91. The Hall–Kier alpha value is -1.95. The Morgan fingerprint density at radius 1 is 1.30 bits per heavy atom. The number of hydrogen-bond donors (Lipinski definition) is 1. The zero-order valence-electron chi connectivity index (χ0n) is 11.8. The summed E-state index contributed by atoms with van der Waals surface area (Å²) >= 11 is 1.72. The maximum atomic E-state index is 4.61. The highest BCUT2D eigenvalue weighted by molar-refractivity contribution is 7.09. The highest BCUT2D eigenvalue weighted by Crippen LogP contribution is 2.23. The molecule has 104 valence electrons. The zero-order valence-corrected chi connectivity index (χ0v) is 12.7. The van der Waals surface area contributed by atoms with Gasteiger partial charge in [0.15, 0.2) is 0 Å². The third kappa shape index (κ3) is 2.38. The van der Waals surface area contributed by atoms with Crippen LogP contribution < -0.4 is 4.90 Å². The van der Waals surface area contributed by atoms with Crippen LogP contribution in [0.15, 0.2) is 17.6 Å². The SMILES string of the molecule is CCc1nc(CN(C)c2nc(C)nc3[nH]ccc23)cs1. The molecule has 0 unspecified atom stereocenters. The second-order valence-electron chi connectivity index (χ2n) is 4.78. The maximum Gasteiger partial charge on any atom is 0.143 e. The molecule has 0 spiro atoms. The second kappa shape index (κ2) is 5.20. The van der Waals surface area contributed by atoms with Crippen molar-refractivity contribution >= 4 is 28.2 Å². The van der Waals surface area contributed by atoms with Crippen molar-refractivity contribution in [3.05, 3.63) is 34.2 Å². The van der Waals surface area contributed by atoms with Gasteiger partial charge in [0.1, 0.15) is 17.3 Å². The van der Waals surface area contributed by atoms with Gasteiger partial charge < -0.3 is 9.88 Å². The van der Waals surface area contributed by atoms with Crippen LogP contribution in [-0.4, -0.2) is 27.0 Å². The van der Waals surface area contributed by atoms with Crippen molar-refractivity contribution in [2.75, 3.05) is 11.9 Å². The molecule has 20 heavy (non-hydrogen) atoms. The van der Waals surface area contributed by atoms with Gasteiger partial charge in [-0.3, -0.25) is 0 Å². The number of nitrogens with zero attached hydrogens (tertiary/aromatic N) is 4. The fourth-order valence-corrected chi connectivity index (χ4v) is 2.96. The Morgan fingerprint density at radius 3 is 2.90 bits per heavy atom. The van der Waals surface area contributed by atoms with Crippen LogP contribution in [0, 0.1) is 6.92 Å². The van der Waals surface area contributed by atoms with Crippen LogP contribution in [0.2, 0.25) is 0 Å². The maximum absolute atomic E-state index is 4.61. The van der Waals surface area contributed by atoms with E-state index in [9.17, 15) is 0 Å². The molecule has 0 amide bonds. The van der Waals surface area contributed by atoms with E-state index in [0.717, 1.165) is 41.3 Å². The van der Waals surface area contributed by atoms with Crippen LogP contribution in [0.3, 0.4) is 0 Å². The Labute approximate surface area is 121 Å². The number of rotatable bonds is 4. The second-order valence-corrected chi connectivity index (χ2v) is 5.72. The Bertz CT molecular complexity index is 730. The molecular weight excluding hydrogens is 270 g/mol. The molecule has 0 atom stereocenters. The van der Waals surface area contributed by atoms with Crippen LogP contribution in [0.5, 0.6) is 0 Å². The molecule has 3 heterocycles. The van der Waals surface area contributed by atoms with Crippen molar-refractivity contribution in [3.8, 4) is 0 Å². The normalized spacial score (nSPS) is 11.2. The molecule has 0 radical (unpaired) electrons. The van der Waals surface area contributed by atoms with Gasteiger partial charge in [0.25, 0.3) is 0 Å². The average Bonchev–Trinajstić information content (AvgIpc) is 3.05. The first kappa shape index (κ1) is 13.1. The van der Waals surface area contributed by atoms with Gasteiger partial charge in [-0.1, -0.05) is 6.92 Å². The molecule has 0 aliphatic rings. The van der Waals surface area contributed by atoms with E-state index < -0.39 is 0 Å². The monoisotopic (exact) mass is 287 g/mol. The number of hydrogen-bond acceptors (Lipinski definition) is 5. The summed E-state index contributed by atoms with van der Waals surface area (Å²) in [6, 6.07) is 2.01. The standard InChI is InChI=1S/C14H17N5S/c1-4-12-18-10(8-20-12)7-19(3)14-11-5-6-15-13(11)16-9(2)17-14/h5-6,8H,4,7H2,1-3H3,(H,15,16,17). The van der Waals surface area contributed by atoms with E-state index in [1.165, 1.54) is 5.01 Å². The van der Waals surface area contributed by atoms with Crippen molar-refractivity contribution in [2.24, 2.45) is 0 Å². The summed E-state index contributed by atoms with van der Waals surface area (Å²) in [6.07, 6.45) is 2.89. The molecule has 0 saturated heterocycles. The average molecular weight is 287 g/mol. The van der Waals surface area contributed by atoms with Crippen molar-refractivity contribution in [1.29, 1.82) is 0 Å². The molecule has 3 rings (SSSR count). The summed E-state index contributed by atoms with van der Waals surface area (Å²) in [6.45, 7) is 4.80. The summed E-state index contributed by atoms with van der Waals surface area (Å²) in [7, 11) is 2.04. The number of aromatic amines is 1. The van der Waals surface area contributed by atoms with E-state index in [4.69, 9.17) is 0 Å². The largest absolute Gasteiger partial charge is 0.353 e. The molecule has 0 aromatic carbocycles. The van der Waals surface area contributed by atoms with E-state index in [-0.39, 0.29) is 0 Å². The first-order valence-corrected chi connectivity index (χ1v) is 7.51. The lowest BCUT2D eigenvalue weighted by molar-refractivity contribution is 0.861. The molecular formula is C14H17N5S. The van der Waals surface area contributed by atoms with Crippen molar-refractivity contribution in [3.63, 3.8) is 0 Å². The lowest BCUT2D eigenvalue weighted by atomic mass is 10.3. The topological polar surface area (TPSA) is 57.7 Å². The number of aryl methyl sites for hydroxylation is 2. The highest BCUT2D eigenvalue weighted by atomic mass is 32.1. The number of anilines is 1. The summed E-state index contributed by atoms with van der Waals surface area (Å²) in [5.41, 5.74) is 1.97. The van der Waals surface area contributed by atoms with E-state index in [1.54, 1.807) is 11.3 Å². The van der Waals surface area contributed by atoms with Crippen LogP contribution in [-0.2, 0) is 13.0 Å². The highest BCUT2D eigenvalue weighted by Gasteiger charge is 2.12. The van der Waals surface area contributed by atoms with Gasteiger partial charge >= 0.3 is 0 Å². The number of fused-ring (bicyclic) bond motifs is 1. The minimum absolute atomic E-state index is 0.757. The lowest BCUT2D eigenvalue weighted by Crippen LogP contribution is -2.19. The predicted octanol–water partition coefficient (Wildman–Crippen LogP) is 2.92. The molecule has 0 saturated carbocycles. The minimum atomic E-state index is 0.757. The predicted molar refractivity (Wildman–Crippen MR) is 82.2 cm³/mol. The van der Waals surface area contributed by atoms with Crippen molar-refractivity contribution in [1.82, 2.24) is 19.9 Å². The van der Waals surface area contributed by atoms with Gasteiger partial charge in [0.05, 0.1) is 22.6 Å². The molecule has 1 N–H and O–H groups in total. The van der Waals surface area contributed by atoms with Crippen LogP contribution in [0.1, 0.15) is 23.4 Å². The summed E-state index contributed by atoms with van der Waals surface area (Å²) in [4.78, 5) is 18.8. The van der Waals surface area contributed by atoms with Gasteiger partial charge in [-0.2, -0.15) is 0 Å². The quantitative estimate of drug-likeness (QED) is 0.801. The van der Waals surface area contributed by atoms with Crippen LogP contribution in [0.4, 0.5) is 5.82 Å². The van der Waals surface area contributed by atoms with Crippen molar-refractivity contribution in [2.45, 2.75) is 26.8 Å². The molecule has 0 aliphatic carbocycles. The summed E-state index contributed by atoms with van der Waals surface area (Å²) < 4.78 is 0. The molecule has 0 aliphatic heterocycles. The third-order valence-corrected chi connectivity index (χ3v) is 4.21. The number of nitrogens with one attached hydrogen (secondary N) is 1. The zero-order chi connectivity index (χ0) is 14.1. The molecule has 3 aromatic heterocycles. The van der Waals surface area contributed by atoms with E-state index in [1.807, 2.05) is 26.2 Å². The summed E-state index contributed by atoms with van der Waals surface area (Å²) in [5.74, 6) is 1.72. The molecule has 6 heteroatoms. The first-order valence-electron chi connectivity index (χ1n) is 6.63. The lowest BCUT2D eigenvalue weighted by Gasteiger charge is -2.18. The van der Waals surface area contributed by atoms with Gasteiger partial charge in [0, 0.05) is 18.6 Å². The van der Waals surface area contributed by atoms with Gasteiger partial charge in [-0.25, -0.2) is 15.0 Å². The Kier molecular flexibility index (Phi) is 3.40. The van der Waals surface area contributed by atoms with E-state index in [0.29, 0.717) is 0 Å². The molecule has 5 nitrogen and oxygen atoms in total. The van der Waals surface area contributed by atoms with Gasteiger partial charge in [0.2, 0.25) is 0 Å².